The van der Waals surface area contributed by atoms with Crippen LogP contribution in [-0.2, 0) is 11.3 Å². The van der Waals surface area contributed by atoms with E-state index < -0.39 is 0 Å². The van der Waals surface area contributed by atoms with Crippen LogP contribution in [-0.4, -0.2) is 44.6 Å². The van der Waals surface area contributed by atoms with Gasteiger partial charge in [0, 0.05) is 20.7 Å². The fourth-order valence-corrected chi connectivity index (χ4v) is 1.83. The van der Waals surface area contributed by atoms with Gasteiger partial charge in [0.2, 0.25) is 5.89 Å². The van der Waals surface area contributed by atoms with Crippen LogP contribution in [0.3, 0.4) is 0 Å². The first-order valence-electron chi connectivity index (χ1n) is 6.65. The Morgan fingerprint density at radius 3 is 2.81 bits per heavy atom. The molecule has 7 heteroatoms. The highest BCUT2D eigenvalue weighted by atomic mass is 16.5. The molecule has 0 amide bonds. The monoisotopic (exact) mass is 292 g/mol. The number of nitrogens with one attached hydrogen (secondary N) is 1. The maximum atomic E-state index is 5.62. The van der Waals surface area contributed by atoms with Gasteiger partial charge in [0.05, 0.1) is 25.9 Å². The van der Waals surface area contributed by atoms with Gasteiger partial charge in [0.15, 0.2) is 0 Å². The standard InChI is InChI=1S/C14H20N4O3/c1-18(11-6-4-5-7-12(11)20-3)14-17-16-13(21-14)10-15-8-9-19-2/h4-7,15H,8-10H2,1-3H3. The van der Waals surface area contributed by atoms with Crippen molar-refractivity contribution in [2.75, 3.05) is 39.3 Å². The zero-order valence-corrected chi connectivity index (χ0v) is 12.5. The summed E-state index contributed by atoms with van der Waals surface area (Å²) in [5.74, 6) is 1.28. The molecule has 0 saturated heterocycles. The fourth-order valence-electron chi connectivity index (χ4n) is 1.83. The smallest absolute Gasteiger partial charge is 0.322 e. The molecule has 21 heavy (non-hydrogen) atoms. The lowest BCUT2D eigenvalue weighted by molar-refractivity contribution is 0.198. The molecule has 0 atom stereocenters. The summed E-state index contributed by atoms with van der Waals surface area (Å²) in [6.45, 7) is 1.88. The average Bonchev–Trinajstić information content (AvgIpc) is 2.99. The van der Waals surface area contributed by atoms with Crippen LogP contribution in [0, 0.1) is 0 Å². The predicted molar refractivity (Wildman–Crippen MR) is 78.9 cm³/mol. The molecule has 0 spiro atoms. The molecule has 1 N–H and O–H groups in total. The summed E-state index contributed by atoms with van der Waals surface area (Å²) < 4.78 is 15.9. The predicted octanol–water partition coefficient (Wildman–Crippen LogP) is 1.58. The molecule has 1 aromatic carbocycles. The Morgan fingerprint density at radius 1 is 1.24 bits per heavy atom. The highest BCUT2D eigenvalue weighted by molar-refractivity contribution is 5.63. The average molecular weight is 292 g/mol. The summed E-state index contributed by atoms with van der Waals surface area (Å²) in [5.41, 5.74) is 0.863. The number of hydrogen-bond acceptors (Lipinski definition) is 7. The minimum Gasteiger partial charge on any atom is -0.495 e. The molecule has 2 aromatic rings. The summed E-state index contributed by atoms with van der Waals surface area (Å²) in [7, 11) is 5.15. The van der Waals surface area contributed by atoms with Gasteiger partial charge >= 0.3 is 6.01 Å². The van der Waals surface area contributed by atoms with Crippen LogP contribution in [0.2, 0.25) is 0 Å². The van der Waals surface area contributed by atoms with Gasteiger partial charge in [-0.25, -0.2) is 0 Å². The largest absolute Gasteiger partial charge is 0.495 e. The first-order chi connectivity index (χ1) is 10.3. The lowest BCUT2D eigenvalue weighted by Gasteiger charge is -2.16. The molecule has 0 aliphatic rings. The van der Waals surface area contributed by atoms with Crippen LogP contribution in [0.5, 0.6) is 5.75 Å². The number of para-hydroxylation sites is 2. The minimum absolute atomic E-state index is 0.419. The number of nitrogens with zero attached hydrogens (tertiary/aromatic N) is 3. The van der Waals surface area contributed by atoms with Crippen molar-refractivity contribution in [3.05, 3.63) is 30.2 Å². The normalized spacial score (nSPS) is 10.6. The summed E-state index contributed by atoms with van der Waals surface area (Å²) >= 11 is 0. The van der Waals surface area contributed by atoms with Crippen LogP contribution < -0.4 is 15.0 Å². The van der Waals surface area contributed by atoms with Gasteiger partial charge in [-0.15, -0.1) is 5.10 Å². The number of anilines is 2. The molecule has 2 rings (SSSR count). The number of methoxy groups -OCH3 is 2. The highest BCUT2D eigenvalue weighted by Crippen LogP contribution is 2.31. The number of ether oxygens (including phenoxy) is 2. The molecule has 7 nitrogen and oxygen atoms in total. The lowest BCUT2D eigenvalue weighted by Crippen LogP contribution is -2.18. The summed E-state index contributed by atoms with van der Waals surface area (Å²) in [5, 5.41) is 11.2. The van der Waals surface area contributed by atoms with Crippen LogP contribution >= 0.6 is 0 Å². The van der Waals surface area contributed by atoms with E-state index in [1.807, 2.05) is 31.3 Å². The summed E-state index contributed by atoms with van der Waals surface area (Å²) in [4.78, 5) is 1.80. The second-order valence-electron chi connectivity index (χ2n) is 4.38. The van der Waals surface area contributed by atoms with E-state index in [9.17, 15) is 0 Å². The molecular weight excluding hydrogens is 272 g/mol. The Morgan fingerprint density at radius 2 is 2.05 bits per heavy atom. The van der Waals surface area contributed by atoms with Gasteiger partial charge in [-0.3, -0.25) is 4.90 Å². The molecule has 0 fully saturated rings. The van der Waals surface area contributed by atoms with Crippen molar-refractivity contribution in [2.24, 2.45) is 0 Å². The Balaban J connectivity index is 2.03. The molecule has 0 unspecified atom stereocenters. The molecule has 1 heterocycles. The van der Waals surface area contributed by atoms with Gasteiger partial charge in [-0.2, -0.15) is 0 Å². The van der Waals surface area contributed by atoms with E-state index in [1.165, 1.54) is 0 Å². The molecular formula is C14H20N4O3. The number of hydrogen-bond donors (Lipinski definition) is 1. The molecule has 0 bridgehead atoms. The van der Waals surface area contributed by atoms with Gasteiger partial charge in [0.25, 0.3) is 0 Å². The number of benzene rings is 1. The minimum atomic E-state index is 0.419. The van der Waals surface area contributed by atoms with Gasteiger partial charge in [0.1, 0.15) is 5.75 Å². The Labute approximate surface area is 123 Å². The number of aromatic nitrogens is 2. The van der Waals surface area contributed by atoms with E-state index in [1.54, 1.807) is 19.1 Å². The second-order valence-corrected chi connectivity index (χ2v) is 4.38. The van der Waals surface area contributed by atoms with Crippen molar-refractivity contribution in [2.45, 2.75) is 6.54 Å². The van der Waals surface area contributed by atoms with Gasteiger partial charge in [-0.1, -0.05) is 17.2 Å². The number of rotatable bonds is 8. The van der Waals surface area contributed by atoms with Gasteiger partial charge in [-0.05, 0) is 12.1 Å². The van der Waals surface area contributed by atoms with E-state index in [-0.39, 0.29) is 0 Å². The van der Waals surface area contributed by atoms with Crippen LogP contribution in [0.4, 0.5) is 11.7 Å². The van der Waals surface area contributed by atoms with Crippen molar-refractivity contribution in [3.8, 4) is 5.75 Å². The zero-order valence-electron chi connectivity index (χ0n) is 12.5. The molecule has 1 aromatic heterocycles. The van der Waals surface area contributed by atoms with Crippen molar-refractivity contribution < 1.29 is 13.9 Å². The van der Waals surface area contributed by atoms with E-state index >= 15 is 0 Å². The second kappa shape index (κ2) is 7.61. The first kappa shape index (κ1) is 15.3. The van der Waals surface area contributed by atoms with Gasteiger partial charge < -0.3 is 19.2 Å². The first-order valence-corrected chi connectivity index (χ1v) is 6.65. The molecule has 0 saturated carbocycles. The van der Waals surface area contributed by atoms with Crippen LogP contribution in [0.25, 0.3) is 0 Å². The molecule has 0 aliphatic heterocycles. The van der Waals surface area contributed by atoms with Crippen LogP contribution in [0.15, 0.2) is 28.7 Å². The fraction of sp³-hybridized carbons (Fsp3) is 0.429. The van der Waals surface area contributed by atoms with Crippen molar-refractivity contribution in [1.29, 1.82) is 0 Å². The molecule has 0 aliphatic carbocycles. The third-order valence-corrected chi connectivity index (χ3v) is 2.95. The third-order valence-electron chi connectivity index (χ3n) is 2.95. The maximum Gasteiger partial charge on any atom is 0.322 e. The van der Waals surface area contributed by atoms with E-state index in [0.717, 1.165) is 18.0 Å². The Kier molecular flexibility index (Phi) is 5.53. The Bertz CT molecular complexity index is 559. The van der Waals surface area contributed by atoms with Crippen molar-refractivity contribution in [3.63, 3.8) is 0 Å². The van der Waals surface area contributed by atoms with Crippen molar-refractivity contribution in [1.82, 2.24) is 15.5 Å². The molecule has 114 valence electrons. The van der Waals surface area contributed by atoms with Crippen LogP contribution in [0.1, 0.15) is 5.89 Å². The molecule has 0 radical (unpaired) electrons. The van der Waals surface area contributed by atoms with E-state index in [2.05, 4.69) is 15.5 Å². The zero-order chi connectivity index (χ0) is 15.1. The Hall–Kier alpha value is -2.12. The summed E-state index contributed by atoms with van der Waals surface area (Å²) in [6.07, 6.45) is 0. The van der Waals surface area contributed by atoms with Crippen molar-refractivity contribution >= 4 is 11.7 Å². The quantitative estimate of drug-likeness (QED) is 0.740. The summed E-state index contributed by atoms with van der Waals surface area (Å²) in [6, 6.07) is 8.07. The van der Waals surface area contributed by atoms with E-state index in [0.29, 0.717) is 25.1 Å². The SMILES string of the molecule is COCCNCc1nnc(N(C)c2ccccc2OC)o1. The topological polar surface area (TPSA) is 72.7 Å². The third kappa shape index (κ3) is 3.93. The highest BCUT2D eigenvalue weighted by Gasteiger charge is 2.15. The van der Waals surface area contributed by atoms with E-state index in [4.69, 9.17) is 13.9 Å². The lowest BCUT2D eigenvalue weighted by atomic mass is 10.3. The maximum absolute atomic E-state index is 5.62.